The number of aromatic nitrogens is 3. The minimum atomic E-state index is -0.462. The van der Waals surface area contributed by atoms with Crippen molar-refractivity contribution >= 4 is 22.4 Å². The molecule has 9 heteroatoms. The zero-order valence-corrected chi connectivity index (χ0v) is 19.3. The van der Waals surface area contributed by atoms with Gasteiger partial charge >= 0.3 is 0 Å². The van der Waals surface area contributed by atoms with Gasteiger partial charge in [-0.25, -0.2) is 15.0 Å². The summed E-state index contributed by atoms with van der Waals surface area (Å²) < 4.78 is 28.7. The van der Waals surface area contributed by atoms with E-state index in [1.807, 2.05) is 19.3 Å². The Bertz CT molecular complexity index is 1000. The lowest BCUT2D eigenvalue weighted by Crippen LogP contribution is -2.31. The highest BCUT2D eigenvalue weighted by Crippen LogP contribution is 2.40. The molecule has 2 saturated heterocycles. The van der Waals surface area contributed by atoms with Crippen LogP contribution in [0.15, 0.2) is 18.5 Å². The normalized spacial score (nSPS) is 21.8. The molecule has 2 aliphatic heterocycles. The van der Waals surface area contributed by atoms with Gasteiger partial charge in [0, 0.05) is 56.8 Å². The van der Waals surface area contributed by atoms with Crippen molar-refractivity contribution in [2.75, 3.05) is 45.5 Å². The van der Waals surface area contributed by atoms with Crippen molar-refractivity contribution in [3.63, 3.8) is 0 Å². The molecule has 33 heavy (non-hydrogen) atoms. The van der Waals surface area contributed by atoms with Crippen LogP contribution >= 0.6 is 0 Å². The van der Waals surface area contributed by atoms with Gasteiger partial charge in [-0.05, 0) is 18.9 Å². The Balaban J connectivity index is 1.48. The molecule has 2 aromatic heterocycles. The Hall–Kier alpha value is -2.33. The van der Waals surface area contributed by atoms with Crippen LogP contribution in [0.2, 0.25) is 0 Å². The summed E-state index contributed by atoms with van der Waals surface area (Å²) in [6.07, 6.45) is 10.1. The molecule has 0 bridgehead atoms. The Kier molecular flexibility index (Phi) is 6.73. The van der Waals surface area contributed by atoms with Crippen molar-refractivity contribution in [2.45, 2.75) is 57.0 Å². The Morgan fingerprint density at radius 3 is 2.70 bits per heavy atom. The monoisotopic (exact) mass is 456 g/mol. The van der Waals surface area contributed by atoms with E-state index in [1.165, 1.54) is 5.57 Å². The lowest BCUT2D eigenvalue weighted by molar-refractivity contribution is -0.159. The lowest BCUT2D eigenvalue weighted by atomic mass is 9.89. The predicted octanol–water partition coefficient (Wildman–Crippen LogP) is 3.34. The van der Waals surface area contributed by atoms with Crippen molar-refractivity contribution in [3.8, 4) is 5.88 Å². The van der Waals surface area contributed by atoms with Crippen molar-refractivity contribution in [1.82, 2.24) is 15.0 Å². The third-order valence-electron chi connectivity index (χ3n) is 6.42. The second-order valence-electron chi connectivity index (χ2n) is 8.90. The Labute approximate surface area is 193 Å². The van der Waals surface area contributed by atoms with Crippen LogP contribution in [0, 0.1) is 0 Å². The van der Waals surface area contributed by atoms with Crippen LogP contribution in [0.3, 0.4) is 0 Å². The average molecular weight is 457 g/mol. The molecular formula is C24H32N4O5. The van der Waals surface area contributed by atoms with E-state index >= 15 is 0 Å². The summed E-state index contributed by atoms with van der Waals surface area (Å²) in [6, 6.07) is 0.0844. The molecule has 4 heterocycles. The highest BCUT2D eigenvalue weighted by Gasteiger charge is 2.38. The van der Waals surface area contributed by atoms with E-state index in [4.69, 9.17) is 33.7 Å². The van der Waals surface area contributed by atoms with E-state index in [9.17, 15) is 0 Å². The van der Waals surface area contributed by atoms with Gasteiger partial charge in [-0.2, -0.15) is 0 Å². The first kappa shape index (κ1) is 22.5. The number of allylic oxidation sites excluding steroid dienone is 1. The number of fused-ring (bicyclic) bond motifs is 1. The topological polar surface area (TPSA) is 96.9 Å². The van der Waals surface area contributed by atoms with E-state index in [2.05, 4.69) is 16.4 Å². The van der Waals surface area contributed by atoms with E-state index in [1.54, 1.807) is 7.11 Å². The minimum Gasteiger partial charge on any atom is -0.474 e. The quantitative estimate of drug-likeness (QED) is 0.673. The molecule has 1 spiro atoms. The van der Waals surface area contributed by atoms with Crippen LogP contribution in [0.5, 0.6) is 5.88 Å². The van der Waals surface area contributed by atoms with Crippen molar-refractivity contribution in [2.24, 2.45) is 0 Å². The maximum atomic E-state index is 6.28. The van der Waals surface area contributed by atoms with Gasteiger partial charge in [0.1, 0.15) is 6.10 Å². The average Bonchev–Trinajstić information content (AvgIpc) is 3.29. The number of hydrogen-bond acceptors (Lipinski definition) is 9. The maximum Gasteiger partial charge on any atom is 0.224 e. The first-order chi connectivity index (χ1) is 16.2. The lowest BCUT2D eigenvalue weighted by Gasteiger charge is -2.31. The second kappa shape index (κ2) is 9.89. The van der Waals surface area contributed by atoms with Gasteiger partial charge in [0.05, 0.1) is 43.9 Å². The third-order valence-corrected chi connectivity index (χ3v) is 6.42. The van der Waals surface area contributed by atoms with Crippen LogP contribution in [-0.2, 0) is 18.9 Å². The molecule has 0 amide bonds. The molecule has 0 aromatic carbocycles. The summed E-state index contributed by atoms with van der Waals surface area (Å²) in [6.45, 7) is 5.34. The number of hydrogen-bond donors (Lipinski definition) is 1. The summed E-state index contributed by atoms with van der Waals surface area (Å²) in [5.74, 6) is 0.676. The van der Waals surface area contributed by atoms with Crippen molar-refractivity contribution in [1.29, 1.82) is 0 Å². The molecule has 1 atom stereocenters. The number of rotatable bonds is 7. The van der Waals surface area contributed by atoms with Crippen molar-refractivity contribution < 1.29 is 23.7 Å². The zero-order chi connectivity index (χ0) is 22.7. The van der Waals surface area contributed by atoms with Crippen LogP contribution in [0.1, 0.15) is 44.6 Å². The van der Waals surface area contributed by atoms with Crippen molar-refractivity contribution in [3.05, 3.63) is 24.0 Å². The second-order valence-corrected chi connectivity index (χ2v) is 8.90. The number of nitrogens with one attached hydrogen (secondary N) is 1. The van der Waals surface area contributed by atoms with E-state index in [0.717, 1.165) is 48.6 Å². The molecule has 9 nitrogen and oxygen atoms in total. The number of pyridine rings is 1. The van der Waals surface area contributed by atoms with Gasteiger partial charge in [0.2, 0.25) is 11.8 Å². The molecular weight excluding hydrogens is 424 g/mol. The molecule has 0 saturated carbocycles. The molecule has 1 aliphatic carbocycles. The SMILES string of the molecule is COCC(C)Nc1ncc2c(OC3CCOCC3)ncc(C3=CCC4(CC3)OCCO4)c2n1. The zero-order valence-electron chi connectivity index (χ0n) is 19.3. The minimum absolute atomic E-state index is 0.0844. The molecule has 1 N–H and O–H groups in total. The van der Waals surface area contributed by atoms with Gasteiger partial charge < -0.3 is 29.0 Å². The van der Waals surface area contributed by atoms with Gasteiger partial charge in [-0.1, -0.05) is 6.08 Å². The molecule has 0 radical (unpaired) electrons. The predicted molar refractivity (Wildman–Crippen MR) is 123 cm³/mol. The number of ether oxygens (including phenoxy) is 5. The fraction of sp³-hybridized carbons (Fsp3) is 0.625. The summed E-state index contributed by atoms with van der Waals surface area (Å²) in [7, 11) is 1.68. The highest BCUT2D eigenvalue weighted by atomic mass is 16.7. The summed E-state index contributed by atoms with van der Waals surface area (Å²) >= 11 is 0. The Morgan fingerprint density at radius 1 is 1.15 bits per heavy atom. The molecule has 1 unspecified atom stereocenters. The largest absolute Gasteiger partial charge is 0.474 e. The molecule has 2 fully saturated rings. The maximum absolute atomic E-state index is 6.28. The van der Waals surface area contributed by atoms with Crippen LogP contribution in [0.4, 0.5) is 5.95 Å². The summed E-state index contributed by atoms with van der Waals surface area (Å²) in [5, 5.41) is 4.14. The smallest absolute Gasteiger partial charge is 0.224 e. The Morgan fingerprint density at radius 2 is 1.97 bits per heavy atom. The highest BCUT2D eigenvalue weighted by molar-refractivity contribution is 5.93. The summed E-state index contributed by atoms with van der Waals surface area (Å²) in [5.41, 5.74) is 3.04. The van der Waals surface area contributed by atoms with Crippen LogP contribution < -0.4 is 10.1 Å². The van der Waals surface area contributed by atoms with Gasteiger partial charge in [0.25, 0.3) is 0 Å². The van der Waals surface area contributed by atoms with E-state index < -0.39 is 5.79 Å². The third kappa shape index (κ3) is 4.96. The van der Waals surface area contributed by atoms with Crippen LogP contribution in [-0.4, -0.2) is 73.0 Å². The van der Waals surface area contributed by atoms with Gasteiger partial charge in [-0.15, -0.1) is 0 Å². The van der Waals surface area contributed by atoms with Gasteiger partial charge in [0.15, 0.2) is 5.79 Å². The number of methoxy groups -OCH3 is 1. The number of anilines is 1. The fourth-order valence-electron chi connectivity index (χ4n) is 4.67. The molecule has 5 rings (SSSR count). The first-order valence-electron chi connectivity index (χ1n) is 11.8. The summed E-state index contributed by atoms with van der Waals surface area (Å²) in [4.78, 5) is 14.1. The van der Waals surface area contributed by atoms with E-state index in [-0.39, 0.29) is 12.1 Å². The number of nitrogens with zero attached hydrogens (tertiary/aromatic N) is 3. The molecule has 2 aromatic rings. The standard InChI is InChI=1S/C24H32N4O5/c1-16(15-29-2)27-23-26-14-20-21(28-23)19(13-25-22(20)33-18-5-9-30-10-6-18)17-3-7-24(8-4-17)31-11-12-32-24/h3,13-14,16,18H,4-12,15H2,1-2H3,(H,26,27,28). The van der Waals surface area contributed by atoms with E-state index in [0.29, 0.717) is 44.9 Å². The molecule has 178 valence electrons. The van der Waals surface area contributed by atoms with Gasteiger partial charge in [-0.3, -0.25) is 0 Å². The first-order valence-corrected chi connectivity index (χ1v) is 11.8. The molecule has 3 aliphatic rings. The van der Waals surface area contributed by atoms with Crippen LogP contribution in [0.25, 0.3) is 16.5 Å². The fourth-order valence-corrected chi connectivity index (χ4v) is 4.67.